The van der Waals surface area contributed by atoms with Crippen molar-refractivity contribution in [1.29, 1.82) is 0 Å². The van der Waals surface area contributed by atoms with E-state index in [4.69, 9.17) is 0 Å². The maximum atomic E-state index is 12.7. The molecule has 1 atom stereocenters. The van der Waals surface area contributed by atoms with Gasteiger partial charge in [-0.2, -0.15) is 0 Å². The summed E-state index contributed by atoms with van der Waals surface area (Å²) in [6, 6.07) is 11.8. The summed E-state index contributed by atoms with van der Waals surface area (Å²) in [5.74, 6) is -0.253. The molecule has 0 aromatic heterocycles. The SMILES string of the molecule is CCCC(C)NC(=O)c1cc(S(=O)(=O)Nc2ccccc2C)ccc1C. The second-order valence-electron chi connectivity index (χ2n) is 6.56. The number of hydrogen-bond donors (Lipinski definition) is 2. The van der Waals surface area contributed by atoms with Gasteiger partial charge in [0, 0.05) is 11.6 Å². The van der Waals surface area contributed by atoms with Gasteiger partial charge in [0.2, 0.25) is 0 Å². The summed E-state index contributed by atoms with van der Waals surface area (Å²) in [7, 11) is -3.78. The molecule has 0 fully saturated rings. The number of amides is 1. The average Bonchev–Trinajstić information content (AvgIpc) is 2.57. The number of benzene rings is 2. The molecule has 2 aromatic rings. The maximum absolute atomic E-state index is 12.7. The number of carbonyl (C=O) groups excluding carboxylic acids is 1. The van der Waals surface area contributed by atoms with Gasteiger partial charge in [0.05, 0.1) is 10.6 Å². The Hall–Kier alpha value is -2.34. The van der Waals surface area contributed by atoms with Crippen molar-refractivity contribution in [2.45, 2.75) is 51.5 Å². The highest BCUT2D eigenvalue weighted by Gasteiger charge is 2.19. The third kappa shape index (κ3) is 4.85. The van der Waals surface area contributed by atoms with E-state index in [1.807, 2.05) is 26.0 Å². The third-order valence-corrected chi connectivity index (χ3v) is 5.62. The number of sulfonamides is 1. The van der Waals surface area contributed by atoms with E-state index in [1.165, 1.54) is 12.1 Å². The quantitative estimate of drug-likeness (QED) is 0.768. The van der Waals surface area contributed by atoms with Crippen molar-refractivity contribution in [2.75, 3.05) is 4.72 Å². The first kappa shape index (κ1) is 20.0. The van der Waals surface area contributed by atoms with E-state index in [0.717, 1.165) is 24.0 Å². The molecule has 1 amide bonds. The van der Waals surface area contributed by atoms with Crippen LogP contribution >= 0.6 is 0 Å². The number of hydrogen-bond acceptors (Lipinski definition) is 3. The Balaban J connectivity index is 2.30. The van der Waals surface area contributed by atoms with E-state index in [0.29, 0.717) is 11.3 Å². The van der Waals surface area contributed by atoms with Gasteiger partial charge in [-0.25, -0.2) is 8.42 Å². The van der Waals surface area contributed by atoms with E-state index < -0.39 is 10.0 Å². The second-order valence-corrected chi connectivity index (χ2v) is 8.24. The predicted molar refractivity (Wildman–Crippen MR) is 105 cm³/mol. The fraction of sp³-hybridized carbons (Fsp3) is 0.350. The molecule has 0 saturated carbocycles. The highest BCUT2D eigenvalue weighted by molar-refractivity contribution is 7.92. The molecule has 0 aliphatic rings. The molecule has 0 aliphatic heterocycles. The minimum atomic E-state index is -3.78. The number of para-hydroxylation sites is 1. The van der Waals surface area contributed by atoms with Crippen molar-refractivity contribution in [3.8, 4) is 0 Å². The van der Waals surface area contributed by atoms with Gasteiger partial charge < -0.3 is 5.32 Å². The number of aryl methyl sites for hydroxylation is 2. The van der Waals surface area contributed by atoms with Crippen LogP contribution in [0.4, 0.5) is 5.69 Å². The van der Waals surface area contributed by atoms with Gasteiger partial charge in [-0.05, 0) is 56.5 Å². The van der Waals surface area contributed by atoms with E-state index in [1.54, 1.807) is 25.1 Å². The van der Waals surface area contributed by atoms with E-state index in [9.17, 15) is 13.2 Å². The Morgan fingerprint density at radius 1 is 1.08 bits per heavy atom. The highest BCUT2D eigenvalue weighted by atomic mass is 32.2. The van der Waals surface area contributed by atoms with Crippen LogP contribution in [0.3, 0.4) is 0 Å². The summed E-state index contributed by atoms with van der Waals surface area (Å²) in [6.45, 7) is 7.63. The van der Waals surface area contributed by atoms with Gasteiger partial charge in [0.15, 0.2) is 0 Å². The zero-order valence-electron chi connectivity index (χ0n) is 15.7. The molecule has 2 aromatic carbocycles. The van der Waals surface area contributed by atoms with Crippen LogP contribution in [0.15, 0.2) is 47.4 Å². The Morgan fingerprint density at radius 2 is 1.77 bits per heavy atom. The lowest BCUT2D eigenvalue weighted by atomic mass is 10.1. The molecule has 0 aliphatic carbocycles. The summed E-state index contributed by atoms with van der Waals surface area (Å²) in [5, 5.41) is 2.92. The molecular weight excluding hydrogens is 348 g/mol. The number of carbonyl (C=O) groups is 1. The topological polar surface area (TPSA) is 75.3 Å². The number of anilines is 1. The fourth-order valence-electron chi connectivity index (χ4n) is 2.71. The lowest BCUT2D eigenvalue weighted by molar-refractivity contribution is 0.0937. The van der Waals surface area contributed by atoms with Gasteiger partial charge in [0.25, 0.3) is 15.9 Å². The summed E-state index contributed by atoms with van der Waals surface area (Å²) in [4.78, 5) is 12.6. The molecule has 2 rings (SSSR count). The maximum Gasteiger partial charge on any atom is 0.261 e. The molecule has 0 heterocycles. The van der Waals surface area contributed by atoms with Gasteiger partial charge in [-0.15, -0.1) is 0 Å². The standard InChI is InChI=1S/C20H26N2O3S/c1-5-8-16(4)21-20(23)18-13-17(12-11-14(18)2)26(24,25)22-19-10-7-6-9-15(19)3/h6-7,9-13,16,22H,5,8H2,1-4H3,(H,21,23). The largest absolute Gasteiger partial charge is 0.350 e. The number of nitrogens with one attached hydrogen (secondary N) is 2. The molecule has 5 nitrogen and oxygen atoms in total. The Morgan fingerprint density at radius 3 is 2.42 bits per heavy atom. The van der Waals surface area contributed by atoms with Crippen LogP contribution in [0.5, 0.6) is 0 Å². The first-order valence-electron chi connectivity index (χ1n) is 8.74. The fourth-order valence-corrected chi connectivity index (χ4v) is 3.87. The molecule has 26 heavy (non-hydrogen) atoms. The number of rotatable bonds is 7. The molecule has 0 radical (unpaired) electrons. The van der Waals surface area contributed by atoms with Crippen molar-refractivity contribution in [3.05, 3.63) is 59.2 Å². The van der Waals surface area contributed by atoms with Crippen molar-refractivity contribution in [3.63, 3.8) is 0 Å². The molecule has 140 valence electrons. The molecule has 6 heteroatoms. The minimum absolute atomic E-state index is 0.0391. The van der Waals surface area contributed by atoms with E-state index in [-0.39, 0.29) is 16.8 Å². The first-order valence-corrected chi connectivity index (χ1v) is 10.2. The lowest BCUT2D eigenvalue weighted by Crippen LogP contribution is -2.33. The normalized spacial score (nSPS) is 12.5. The Kier molecular flexibility index (Phi) is 6.42. The summed E-state index contributed by atoms with van der Waals surface area (Å²) < 4.78 is 28.0. The zero-order valence-corrected chi connectivity index (χ0v) is 16.5. The lowest BCUT2D eigenvalue weighted by Gasteiger charge is -2.15. The van der Waals surface area contributed by atoms with E-state index in [2.05, 4.69) is 17.0 Å². The molecular formula is C20H26N2O3S. The summed E-state index contributed by atoms with van der Waals surface area (Å²) in [5.41, 5.74) is 2.46. The first-order chi connectivity index (χ1) is 12.2. The van der Waals surface area contributed by atoms with Gasteiger partial charge >= 0.3 is 0 Å². The smallest absolute Gasteiger partial charge is 0.261 e. The molecule has 1 unspecified atom stereocenters. The third-order valence-electron chi connectivity index (χ3n) is 4.25. The predicted octanol–water partition coefficient (Wildman–Crippen LogP) is 4.02. The zero-order chi connectivity index (χ0) is 19.3. The second kappa shape index (κ2) is 8.36. The van der Waals surface area contributed by atoms with E-state index >= 15 is 0 Å². The van der Waals surface area contributed by atoms with Gasteiger partial charge in [0.1, 0.15) is 0 Å². The molecule has 0 saturated heterocycles. The van der Waals surface area contributed by atoms with Crippen LogP contribution in [-0.2, 0) is 10.0 Å². The summed E-state index contributed by atoms with van der Waals surface area (Å²) in [6.07, 6.45) is 1.84. The molecule has 2 N–H and O–H groups in total. The van der Waals surface area contributed by atoms with Crippen LogP contribution in [0, 0.1) is 13.8 Å². The van der Waals surface area contributed by atoms with Crippen LogP contribution in [0.25, 0.3) is 0 Å². The average molecular weight is 375 g/mol. The van der Waals surface area contributed by atoms with Crippen LogP contribution in [0.1, 0.15) is 48.2 Å². The Bertz CT molecular complexity index is 892. The van der Waals surface area contributed by atoms with Crippen molar-refractivity contribution < 1.29 is 13.2 Å². The minimum Gasteiger partial charge on any atom is -0.350 e. The van der Waals surface area contributed by atoms with Crippen LogP contribution < -0.4 is 10.0 Å². The van der Waals surface area contributed by atoms with Crippen molar-refractivity contribution in [1.82, 2.24) is 5.32 Å². The van der Waals surface area contributed by atoms with Crippen molar-refractivity contribution in [2.24, 2.45) is 0 Å². The Labute approximate surface area is 155 Å². The summed E-state index contributed by atoms with van der Waals surface area (Å²) >= 11 is 0. The van der Waals surface area contributed by atoms with Gasteiger partial charge in [-0.3, -0.25) is 9.52 Å². The highest BCUT2D eigenvalue weighted by Crippen LogP contribution is 2.21. The van der Waals surface area contributed by atoms with Crippen molar-refractivity contribution >= 4 is 21.6 Å². The monoisotopic (exact) mass is 374 g/mol. The van der Waals surface area contributed by atoms with Crippen LogP contribution in [-0.4, -0.2) is 20.4 Å². The molecule has 0 spiro atoms. The van der Waals surface area contributed by atoms with Gasteiger partial charge in [-0.1, -0.05) is 37.6 Å². The molecule has 0 bridgehead atoms. The van der Waals surface area contributed by atoms with Crippen LogP contribution in [0.2, 0.25) is 0 Å².